The van der Waals surface area contributed by atoms with Gasteiger partial charge in [0.25, 0.3) is 11.8 Å². The van der Waals surface area contributed by atoms with Gasteiger partial charge >= 0.3 is 5.97 Å². The van der Waals surface area contributed by atoms with Crippen molar-refractivity contribution in [2.75, 3.05) is 6.54 Å². The first-order chi connectivity index (χ1) is 11.0. The number of hydrogen-bond donors (Lipinski definition) is 2. The molecule has 0 unspecified atom stereocenters. The Kier molecular flexibility index (Phi) is 4.34. The van der Waals surface area contributed by atoms with Crippen molar-refractivity contribution in [2.45, 2.75) is 44.7 Å². The number of thiazole rings is 1. The second kappa shape index (κ2) is 6.27. The molecule has 1 atom stereocenters. The van der Waals surface area contributed by atoms with E-state index in [2.05, 4.69) is 10.3 Å². The lowest BCUT2D eigenvalue weighted by molar-refractivity contribution is -0.145. The number of carbonyl (C=O) groups excluding carboxylic acids is 2. The third kappa shape index (κ3) is 3.21. The second-order valence-electron chi connectivity index (χ2n) is 6.20. The van der Waals surface area contributed by atoms with Gasteiger partial charge in [0.15, 0.2) is 5.01 Å². The maximum atomic E-state index is 12.4. The zero-order chi connectivity index (χ0) is 16.6. The van der Waals surface area contributed by atoms with Gasteiger partial charge in [-0.05, 0) is 32.6 Å². The van der Waals surface area contributed by atoms with Crippen LogP contribution in [0.5, 0.6) is 0 Å². The lowest BCUT2D eigenvalue weighted by atomic mass is 9.80. The van der Waals surface area contributed by atoms with Gasteiger partial charge in [0, 0.05) is 24.0 Å². The van der Waals surface area contributed by atoms with Gasteiger partial charge in [0.05, 0.1) is 5.92 Å². The van der Waals surface area contributed by atoms with Crippen LogP contribution >= 0.6 is 11.3 Å². The molecule has 1 aliphatic carbocycles. The molecule has 8 heteroatoms. The summed E-state index contributed by atoms with van der Waals surface area (Å²) < 4.78 is 0. The molecular weight excluding hydrogens is 318 g/mol. The Morgan fingerprint density at radius 1 is 1.39 bits per heavy atom. The fourth-order valence-electron chi connectivity index (χ4n) is 3.04. The van der Waals surface area contributed by atoms with E-state index in [9.17, 15) is 14.4 Å². The molecule has 0 radical (unpaired) electrons. The molecule has 2 fully saturated rings. The molecule has 2 amide bonds. The number of rotatable bonds is 4. The van der Waals surface area contributed by atoms with E-state index in [1.807, 2.05) is 6.92 Å². The average Bonchev–Trinajstić information content (AvgIpc) is 3.09. The fourth-order valence-corrected chi connectivity index (χ4v) is 3.74. The predicted octanol–water partition coefficient (Wildman–Crippen LogP) is 1.36. The molecule has 124 valence electrons. The van der Waals surface area contributed by atoms with E-state index in [1.165, 1.54) is 0 Å². The summed E-state index contributed by atoms with van der Waals surface area (Å²) in [6.45, 7) is 2.75. The number of nitrogens with zero attached hydrogens (tertiary/aromatic N) is 2. The minimum Gasteiger partial charge on any atom is -0.481 e. The third-order valence-corrected chi connectivity index (χ3v) is 5.39. The highest BCUT2D eigenvalue weighted by atomic mass is 32.1. The number of nitrogens with one attached hydrogen (secondary N) is 1. The van der Waals surface area contributed by atoms with Crippen LogP contribution in [0.15, 0.2) is 5.38 Å². The summed E-state index contributed by atoms with van der Waals surface area (Å²) in [6, 6.07) is 0.0923. The Morgan fingerprint density at radius 3 is 2.74 bits per heavy atom. The van der Waals surface area contributed by atoms with Crippen molar-refractivity contribution in [3.8, 4) is 0 Å². The number of hydrogen-bond acceptors (Lipinski definition) is 5. The number of likely N-dealkylation sites (tertiary alicyclic amines) is 1. The van der Waals surface area contributed by atoms with Crippen LogP contribution in [0.3, 0.4) is 0 Å². The summed E-state index contributed by atoms with van der Waals surface area (Å²) >= 11 is 1.14. The van der Waals surface area contributed by atoms with Crippen LogP contribution in [-0.2, 0) is 4.79 Å². The number of amides is 2. The quantitative estimate of drug-likeness (QED) is 0.864. The van der Waals surface area contributed by atoms with Crippen molar-refractivity contribution >= 4 is 29.1 Å². The summed E-state index contributed by atoms with van der Waals surface area (Å²) in [5, 5.41) is 13.5. The van der Waals surface area contributed by atoms with Gasteiger partial charge in [-0.2, -0.15) is 0 Å². The molecule has 1 saturated carbocycles. The van der Waals surface area contributed by atoms with Crippen LogP contribution in [0.2, 0.25) is 0 Å². The first-order valence-corrected chi connectivity index (χ1v) is 8.64. The number of aromatic nitrogens is 1. The van der Waals surface area contributed by atoms with E-state index in [4.69, 9.17) is 5.11 Å². The normalized spacial score (nSPS) is 26.7. The Bertz CT molecular complexity index is 638. The van der Waals surface area contributed by atoms with E-state index in [1.54, 1.807) is 10.3 Å². The predicted molar refractivity (Wildman–Crippen MR) is 83.5 cm³/mol. The summed E-state index contributed by atoms with van der Waals surface area (Å²) in [5.41, 5.74) is 0.311. The minimum absolute atomic E-state index is 0.120. The second-order valence-corrected chi connectivity index (χ2v) is 7.06. The SMILES string of the molecule is C[C@H]1CCCN1C(=O)c1csc(C(=O)N[C@H]2C[C@H](C(=O)O)C2)n1. The standard InChI is InChI=1S/C15H19N3O4S/c1-8-3-2-4-18(8)14(20)11-7-23-13(17-11)12(19)16-10-5-9(6-10)15(21)22/h7-10H,2-6H2,1H3,(H,16,19)(H,21,22)/t8-,9-,10-/m0/s1. The highest BCUT2D eigenvalue weighted by molar-refractivity contribution is 7.11. The zero-order valence-corrected chi connectivity index (χ0v) is 13.6. The van der Waals surface area contributed by atoms with Crippen molar-refractivity contribution < 1.29 is 19.5 Å². The molecule has 23 heavy (non-hydrogen) atoms. The van der Waals surface area contributed by atoms with Crippen LogP contribution in [0.1, 0.15) is 52.9 Å². The number of carboxylic acid groups (broad SMARTS) is 1. The smallest absolute Gasteiger partial charge is 0.306 e. The van der Waals surface area contributed by atoms with Crippen LogP contribution in [0, 0.1) is 5.92 Å². The van der Waals surface area contributed by atoms with E-state index in [-0.39, 0.29) is 34.8 Å². The molecule has 0 aromatic carbocycles. The van der Waals surface area contributed by atoms with Gasteiger partial charge < -0.3 is 15.3 Å². The number of carboxylic acids is 1. The van der Waals surface area contributed by atoms with Crippen LogP contribution in [-0.4, -0.2) is 51.4 Å². The molecule has 2 aliphatic rings. The molecule has 7 nitrogen and oxygen atoms in total. The van der Waals surface area contributed by atoms with Crippen molar-refractivity contribution in [2.24, 2.45) is 5.92 Å². The van der Waals surface area contributed by atoms with Gasteiger partial charge in [-0.25, -0.2) is 4.98 Å². The van der Waals surface area contributed by atoms with Gasteiger partial charge in [0.2, 0.25) is 0 Å². The van der Waals surface area contributed by atoms with Crippen LogP contribution in [0.4, 0.5) is 0 Å². The number of carbonyl (C=O) groups is 3. The van der Waals surface area contributed by atoms with Crippen molar-refractivity contribution in [1.82, 2.24) is 15.2 Å². The van der Waals surface area contributed by atoms with E-state index < -0.39 is 5.97 Å². The molecule has 0 bridgehead atoms. The molecular formula is C15H19N3O4S. The van der Waals surface area contributed by atoms with E-state index >= 15 is 0 Å². The van der Waals surface area contributed by atoms with Crippen molar-refractivity contribution in [3.05, 3.63) is 16.1 Å². The van der Waals surface area contributed by atoms with Gasteiger partial charge in [0.1, 0.15) is 5.69 Å². The Morgan fingerprint density at radius 2 is 2.13 bits per heavy atom. The van der Waals surface area contributed by atoms with Gasteiger partial charge in [-0.3, -0.25) is 14.4 Å². The van der Waals surface area contributed by atoms with Crippen molar-refractivity contribution in [1.29, 1.82) is 0 Å². The van der Waals surface area contributed by atoms with Crippen molar-refractivity contribution in [3.63, 3.8) is 0 Å². The minimum atomic E-state index is -0.822. The summed E-state index contributed by atoms with van der Waals surface area (Å²) in [5.74, 6) is -1.65. The van der Waals surface area contributed by atoms with Gasteiger partial charge in [-0.1, -0.05) is 0 Å². The van der Waals surface area contributed by atoms with Crippen LogP contribution < -0.4 is 5.32 Å². The fraction of sp³-hybridized carbons (Fsp3) is 0.600. The molecule has 2 heterocycles. The Hall–Kier alpha value is -1.96. The molecule has 0 spiro atoms. The lowest BCUT2D eigenvalue weighted by Gasteiger charge is -2.32. The summed E-state index contributed by atoms with van der Waals surface area (Å²) in [6.07, 6.45) is 2.89. The molecule has 2 N–H and O–H groups in total. The van der Waals surface area contributed by atoms with Gasteiger partial charge in [-0.15, -0.1) is 11.3 Å². The maximum Gasteiger partial charge on any atom is 0.306 e. The maximum absolute atomic E-state index is 12.4. The molecule has 1 saturated heterocycles. The number of aliphatic carboxylic acids is 1. The highest BCUT2D eigenvalue weighted by Crippen LogP contribution is 2.28. The van der Waals surface area contributed by atoms with Crippen LogP contribution in [0.25, 0.3) is 0 Å². The first-order valence-electron chi connectivity index (χ1n) is 7.76. The molecule has 1 aliphatic heterocycles. The third-order valence-electron chi connectivity index (χ3n) is 4.55. The Balaban J connectivity index is 1.57. The molecule has 1 aromatic rings. The summed E-state index contributed by atoms with van der Waals surface area (Å²) in [4.78, 5) is 41.2. The molecule has 1 aromatic heterocycles. The first kappa shape index (κ1) is 15.9. The van der Waals surface area contributed by atoms with E-state index in [0.717, 1.165) is 30.7 Å². The lowest BCUT2D eigenvalue weighted by Crippen LogP contribution is -2.46. The Labute approximate surface area is 137 Å². The monoisotopic (exact) mass is 337 g/mol. The van der Waals surface area contributed by atoms with E-state index in [0.29, 0.717) is 18.5 Å². The topological polar surface area (TPSA) is 99.6 Å². The summed E-state index contributed by atoms with van der Waals surface area (Å²) in [7, 11) is 0. The largest absolute Gasteiger partial charge is 0.481 e. The average molecular weight is 337 g/mol. The zero-order valence-electron chi connectivity index (χ0n) is 12.8. The molecule has 3 rings (SSSR count). The highest BCUT2D eigenvalue weighted by Gasteiger charge is 2.36.